The van der Waals surface area contributed by atoms with E-state index in [1.54, 1.807) is 37.0 Å². The van der Waals surface area contributed by atoms with Crippen molar-refractivity contribution in [2.24, 2.45) is 5.41 Å². The molecule has 1 fully saturated rings. The molecule has 1 saturated heterocycles. The summed E-state index contributed by atoms with van der Waals surface area (Å²) in [4.78, 5) is 44.2. The van der Waals surface area contributed by atoms with E-state index in [-0.39, 0.29) is 62.9 Å². The van der Waals surface area contributed by atoms with Crippen molar-refractivity contribution in [3.8, 4) is 5.75 Å². The van der Waals surface area contributed by atoms with Crippen molar-refractivity contribution < 1.29 is 86.4 Å². The molecule has 0 spiro atoms. The molecule has 4 aliphatic rings. The van der Waals surface area contributed by atoms with Crippen LogP contribution < -0.4 is 9.64 Å². The Morgan fingerprint density at radius 2 is 1.43 bits per heavy atom. The summed E-state index contributed by atoms with van der Waals surface area (Å²) in [5, 5.41) is 0.461. The van der Waals surface area contributed by atoms with Gasteiger partial charge >= 0.3 is 5.97 Å². The third kappa shape index (κ3) is 16.4. The highest BCUT2D eigenvalue weighted by Crippen LogP contribution is 2.49. The minimum Gasteiger partial charge on any atom is -0.460 e. The van der Waals surface area contributed by atoms with E-state index in [0.717, 1.165) is 28.0 Å². The number of hydrogen-bond donors (Lipinski definition) is 3. The second-order valence-corrected chi connectivity index (χ2v) is 25.7. The van der Waals surface area contributed by atoms with Gasteiger partial charge in [-0.1, -0.05) is 51.2 Å². The second-order valence-electron chi connectivity index (χ2n) is 21.1. The summed E-state index contributed by atoms with van der Waals surface area (Å²) in [5.74, 6) is -1.90. The number of fused-ring (bicyclic) bond motifs is 3. The zero-order chi connectivity index (χ0) is 58.0. The van der Waals surface area contributed by atoms with Crippen LogP contribution in [0.4, 0.5) is 11.4 Å². The Hall–Kier alpha value is -5.41. The Kier molecular flexibility index (Phi) is 21.0. The minimum atomic E-state index is -4.69. The number of carbonyl (C=O) groups is 3. The van der Waals surface area contributed by atoms with Crippen LogP contribution in [-0.4, -0.2) is 156 Å². The van der Waals surface area contributed by atoms with Crippen LogP contribution in [0.25, 0.3) is 11.1 Å². The fraction of sp³-hybridized carbons (Fsp3) is 0.527. The Bertz CT molecular complexity index is 3120. The van der Waals surface area contributed by atoms with Crippen LogP contribution in [0.1, 0.15) is 109 Å². The number of rotatable bonds is 29. The summed E-state index contributed by atoms with van der Waals surface area (Å²) in [6, 6.07) is 8.07. The highest BCUT2D eigenvalue weighted by atomic mass is 32.2. The first-order valence-electron chi connectivity index (χ1n) is 26.1. The van der Waals surface area contributed by atoms with E-state index >= 15 is 0 Å². The van der Waals surface area contributed by atoms with E-state index in [0.29, 0.717) is 86.0 Å². The third-order valence-corrected chi connectivity index (χ3v) is 16.7. The quantitative estimate of drug-likeness (QED) is 0.0238. The lowest BCUT2D eigenvalue weighted by atomic mass is 9.75. The number of anilines is 1. The maximum atomic E-state index is 13.0. The highest BCUT2D eigenvalue weighted by molar-refractivity contribution is 7.86. The fourth-order valence-electron chi connectivity index (χ4n) is 10.2. The lowest BCUT2D eigenvalue weighted by Gasteiger charge is -2.48. The largest absolute Gasteiger partial charge is 0.460 e. The normalized spacial score (nSPS) is 19.1. The van der Waals surface area contributed by atoms with Crippen molar-refractivity contribution in [1.29, 1.82) is 0 Å². The molecule has 2 aromatic carbocycles. The maximum absolute atomic E-state index is 13.0. The monoisotopic (exact) mass is 1160 g/mol. The summed E-state index contributed by atoms with van der Waals surface area (Å²) in [5.41, 5.74) is 3.47. The average molecular weight is 1160 g/mol. The molecular formula is C55H74N3O18S3+. The lowest BCUT2D eigenvalue weighted by molar-refractivity contribution is -0.437. The summed E-state index contributed by atoms with van der Waals surface area (Å²) >= 11 is 0. The van der Waals surface area contributed by atoms with Crippen molar-refractivity contribution in [3.63, 3.8) is 0 Å². The molecule has 2 aromatic rings. The van der Waals surface area contributed by atoms with Gasteiger partial charge < -0.3 is 33.4 Å². The van der Waals surface area contributed by atoms with Gasteiger partial charge in [-0.2, -0.15) is 29.8 Å². The Morgan fingerprint density at radius 3 is 2.03 bits per heavy atom. The summed E-state index contributed by atoms with van der Waals surface area (Å²) < 4.78 is 133. The topological polar surface area (TPSA) is 279 Å². The molecule has 4 heterocycles. The van der Waals surface area contributed by atoms with E-state index in [9.17, 15) is 53.3 Å². The number of nitrogens with zero attached hydrogens (tertiary/aromatic N) is 3. The van der Waals surface area contributed by atoms with Gasteiger partial charge in [-0.3, -0.25) is 23.2 Å². The number of hydrogen-bond acceptors (Lipinski definition) is 16. The highest BCUT2D eigenvalue weighted by Gasteiger charge is 2.48. The molecule has 3 N–H and O–H groups in total. The molecule has 1 atom stereocenters. The van der Waals surface area contributed by atoms with E-state index < -0.39 is 76.0 Å². The number of carbonyl (C=O) groups excluding carboxylic acids is 3. The van der Waals surface area contributed by atoms with Gasteiger partial charge in [-0.15, -0.1) is 5.06 Å². The smallest absolute Gasteiger partial charge is 0.333 e. The molecule has 2 amide bonds. The van der Waals surface area contributed by atoms with Crippen LogP contribution in [0, 0.1) is 5.41 Å². The molecule has 6 rings (SSSR count). The first-order chi connectivity index (χ1) is 37.1. The third-order valence-electron chi connectivity index (χ3n) is 14.2. The van der Waals surface area contributed by atoms with Gasteiger partial charge in [0.2, 0.25) is 5.69 Å². The van der Waals surface area contributed by atoms with Crippen molar-refractivity contribution in [3.05, 3.63) is 95.3 Å². The van der Waals surface area contributed by atoms with Crippen LogP contribution in [0.5, 0.6) is 5.75 Å². The van der Waals surface area contributed by atoms with E-state index in [1.165, 1.54) is 18.2 Å². The van der Waals surface area contributed by atoms with E-state index in [4.69, 9.17) is 28.5 Å². The fourth-order valence-corrected chi connectivity index (χ4v) is 11.7. The van der Waals surface area contributed by atoms with Crippen molar-refractivity contribution >= 4 is 76.4 Å². The molecule has 79 heavy (non-hydrogen) atoms. The minimum absolute atomic E-state index is 0.0317. The summed E-state index contributed by atoms with van der Waals surface area (Å²) in [6.07, 6.45) is 14.2. The van der Waals surface area contributed by atoms with Crippen LogP contribution in [0.2, 0.25) is 0 Å². The van der Waals surface area contributed by atoms with Crippen molar-refractivity contribution in [2.75, 3.05) is 83.4 Å². The van der Waals surface area contributed by atoms with Crippen LogP contribution in [0.3, 0.4) is 0 Å². The maximum Gasteiger partial charge on any atom is 0.333 e. The Morgan fingerprint density at radius 1 is 0.797 bits per heavy atom. The number of ether oxygens (including phenoxy) is 5. The zero-order valence-corrected chi connectivity index (χ0v) is 48.3. The van der Waals surface area contributed by atoms with E-state index in [1.807, 2.05) is 65.0 Å². The number of allylic oxidation sites excluding steroid dienone is 9. The zero-order valence-electron chi connectivity index (χ0n) is 45.9. The number of hydroxylamine groups is 2. The van der Waals surface area contributed by atoms with E-state index in [2.05, 4.69) is 11.0 Å². The SMILES string of the molecule is COCCOCCC1(CCOCCOC)C=C(C)c2cc3c(cc2N1CCCS(=O)(=O)O)OC(C(C)(C)C)=C\C3=C/C=C/C=C/C1=[N+](CCCS(=O)(=O)O)c2ccc(S(=O)(=O)O)cc2C1(C)CCCC(=O)ON1C(=O)CCC1=O. The molecule has 1 unspecified atom stereocenters. The van der Waals surface area contributed by atoms with Gasteiger partial charge in [-0.05, 0) is 81.4 Å². The number of amides is 2. The first kappa shape index (κ1) is 62.8. The molecule has 0 aromatic heterocycles. The van der Waals surface area contributed by atoms with Crippen molar-refractivity contribution in [1.82, 2.24) is 5.06 Å². The molecule has 434 valence electrons. The summed E-state index contributed by atoms with van der Waals surface area (Å²) in [6.45, 7) is 12.5. The van der Waals surface area contributed by atoms with Gasteiger partial charge in [0.05, 0.1) is 53.8 Å². The standard InChI is InChI=1S/C55H73N3O18S3/c1-39-38-55(22-26-73-30-28-71-6,23-27-74-31-29-72-7)57(25-13-33-78(65,66)67)46-37-47-43(36-42(39)46)40(34-49(75-47)53(2,3)4)14-9-8-10-15-48-54(5,21-11-16-52(61)76-58-50(59)19-20-51(58)60)44-35-41(79(68,69)70)17-18-45(44)56(48)24-12-32-77(62,63)64/h8-10,14-15,17-18,34-38H,11-13,16,19-33H2,1-7H3,(H2-,62,63,64,65,66,67,68,69,70)/p+1. The lowest BCUT2D eigenvalue weighted by Crippen LogP contribution is -2.52. The summed E-state index contributed by atoms with van der Waals surface area (Å²) in [7, 11) is -10.1. The predicted molar refractivity (Wildman–Crippen MR) is 296 cm³/mol. The van der Waals surface area contributed by atoms with Crippen LogP contribution in [-0.2, 0) is 73.9 Å². The van der Waals surface area contributed by atoms with Crippen LogP contribution in [0.15, 0.2) is 83.5 Å². The average Bonchev–Trinajstić information content (AvgIpc) is 4.09. The number of methoxy groups -OCH3 is 2. The van der Waals surface area contributed by atoms with Gasteiger partial charge in [0, 0.05) is 106 Å². The molecule has 4 aliphatic heterocycles. The Labute approximate surface area is 463 Å². The van der Waals surface area contributed by atoms with Crippen LogP contribution >= 0.6 is 0 Å². The van der Waals surface area contributed by atoms with Crippen molar-refractivity contribution in [2.45, 2.75) is 108 Å². The van der Waals surface area contributed by atoms with Gasteiger partial charge in [0.25, 0.3) is 42.2 Å². The molecular weight excluding hydrogens is 1090 g/mol. The Balaban J connectivity index is 1.40. The number of imide groups is 1. The molecule has 0 bridgehead atoms. The van der Waals surface area contributed by atoms with Gasteiger partial charge in [-0.25, -0.2) is 4.79 Å². The second kappa shape index (κ2) is 26.5. The molecule has 0 saturated carbocycles. The van der Waals surface area contributed by atoms with Gasteiger partial charge in [0.1, 0.15) is 18.1 Å². The molecule has 21 nitrogen and oxygen atoms in total. The molecule has 0 radical (unpaired) electrons. The molecule has 24 heteroatoms. The molecule has 0 aliphatic carbocycles. The number of benzene rings is 2. The van der Waals surface area contributed by atoms with Gasteiger partial charge in [0.15, 0.2) is 5.71 Å². The first-order valence-corrected chi connectivity index (χ1v) is 30.7. The predicted octanol–water partition coefficient (Wildman–Crippen LogP) is 7.21.